The number of hydrogen-bond donors (Lipinski definition) is 3. The first-order chi connectivity index (χ1) is 8.76. The lowest BCUT2D eigenvalue weighted by Gasteiger charge is -2.08. The van der Waals surface area contributed by atoms with E-state index in [1.54, 1.807) is 0 Å². The monoisotopic (exact) mass is 249 g/mol. The zero-order chi connectivity index (χ0) is 13.2. The molecule has 0 aromatic heterocycles. The molecule has 18 heavy (non-hydrogen) atoms. The fraction of sp³-hybridized carbons (Fsp3) is 0.500. The van der Waals surface area contributed by atoms with Gasteiger partial charge in [-0.15, -0.1) is 0 Å². The van der Waals surface area contributed by atoms with Crippen molar-refractivity contribution in [2.75, 3.05) is 18.4 Å². The van der Waals surface area contributed by atoms with Gasteiger partial charge in [0.1, 0.15) is 0 Å². The summed E-state index contributed by atoms with van der Waals surface area (Å²) in [6.45, 7) is 6.72. The zero-order valence-corrected chi connectivity index (χ0v) is 11.3. The first kappa shape index (κ1) is 14.5. The van der Waals surface area contributed by atoms with Crippen molar-refractivity contribution in [2.45, 2.75) is 33.2 Å². The molecule has 3 N–H and O–H groups in total. The molecule has 0 atom stereocenters. The van der Waals surface area contributed by atoms with E-state index < -0.39 is 0 Å². The first-order valence-electron chi connectivity index (χ1n) is 6.60. The van der Waals surface area contributed by atoms with Gasteiger partial charge in [-0.25, -0.2) is 4.79 Å². The lowest BCUT2D eigenvalue weighted by atomic mass is 10.2. The summed E-state index contributed by atoms with van der Waals surface area (Å²) >= 11 is 0. The van der Waals surface area contributed by atoms with Crippen molar-refractivity contribution >= 4 is 11.7 Å². The number of amides is 2. The van der Waals surface area contributed by atoms with Gasteiger partial charge in [-0.05, 0) is 30.7 Å². The number of benzene rings is 1. The average Bonchev–Trinajstić information content (AvgIpc) is 2.38. The summed E-state index contributed by atoms with van der Waals surface area (Å²) in [4.78, 5) is 11.5. The highest BCUT2D eigenvalue weighted by molar-refractivity contribution is 5.89. The van der Waals surface area contributed by atoms with Gasteiger partial charge in [0.15, 0.2) is 0 Å². The number of carbonyl (C=O) groups is 1. The van der Waals surface area contributed by atoms with E-state index >= 15 is 0 Å². The van der Waals surface area contributed by atoms with Crippen molar-refractivity contribution < 1.29 is 4.79 Å². The number of urea groups is 1. The Morgan fingerprint density at radius 3 is 2.50 bits per heavy atom. The predicted octanol–water partition coefficient (Wildman–Crippen LogP) is 2.72. The molecule has 0 unspecified atom stereocenters. The fourth-order valence-corrected chi connectivity index (χ4v) is 1.53. The molecule has 2 amide bonds. The molecule has 0 bridgehead atoms. The average molecular weight is 249 g/mol. The SMILES string of the molecule is CCCCNC(=O)Nc1ccc(CNCC)cc1. The maximum Gasteiger partial charge on any atom is 0.319 e. The first-order valence-corrected chi connectivity index (χ1v) is 6.60. The van der Waals surface area contributed by atoms with E-state index in [2.05, 4.69) is 29.8 Å². The van der Waals surface area contributed by atoms with Crippen molar-refractivity contribution in [1.29, 1.82) is 0 Å². The molecule has 0 aliphatic carbocycles. The van der Waals surface area contributed by atoms with Crippen LogP contribution in [0.5, 0.6) is 0 Å². The fourth-order valence-electron chi connectivity index (χ4n) is 1.53. The Kier molecular flexibility index (Phi) is 6.87. The van der Waals surface area contributed by atoms with Crippen LogP contribution in [0.1, 0.15) is 32.3 Å². The minimum Gasteiger partial charge on any atom is -0.338 e. The number of anilines is 1. The highest BCUT2D eigenvalue weighted by atomic mass is 16.2. The molecule has 4 heteroatoms. The van der Waals surface area contributed by atoms with Crippen LogP contribution >= 0.6 is 0 Å². The summed E-state index contributed by atoms with van der Waals surface area (Å²) in [5.41, 5.74) is 2.04. The van der Waals surface area contributed by atoms with Crippen molar-refractivity contribution in [3.63, 3.8) is 0 Å². The lowest BCUT2D eigenvalue weighted by molar-refractivity contribution is 0.252. The van der Waals surface area contributed by atoms with Crippen LogP contribution in [0.4, 0.5) is 10.5 Å². The Morgan fingerprint density at radius 2 is 1.89 bits per heavy atom. The molecule has 1 aromatic carbocycles. The van der Waals surface area contributed by atoms with E-state index in [0.29, 0.717) is 0 Å². The molecular weight excluding hydrogens is 226 g/mol. The highest BCUT2D eigenvalue weighted by Crippen LogP contribution is 2.09. The normalized spacial score (nSPS) is 10.1. The van der Waals surface area contributed by atoms with E-state index in [4.69, 9.17) is 0 Å². The van der Waals surface area contributed by atoms with Crippen molar-refractivity contribution in [3.05, 3.63) is 29.8 Å². The van der Waals surface area contributed by atoms with E-state index in [1.165, 1.54) is 5.56 Å². The van der Waals surface area contributed by atoms with Gasteiger partial charge in [0.05, 0.1) is 0 Å². The Balaban J connectivity index is 2.35. The summed E-state index contributed by atoms with van der Waals surface area (Å²) in [7, 11) is 0. The third-order valence-electron chi connectivity index (χ3n) is 2.61. The summed E-state index contributed by atoms with van der Waals surface area (Å²) in [5.74, 6) is 0. The number of rotatable bonds is 7. The maximum atomic E-state index is 11.5. The van der Waals surface area contributed by atoms with Crippen LogP contribution < -0.4 is 16.0 Å². The largest absolute Gasteiger partial charge is 0.338 e. The van der Waals surface area contributed by atoms with Crippen LogP contribution in [0.3, 0.4) is 0 Å². The third-order valence-corrected chi connectivity index (χ3v) is 2.61. The van der Waals surface area contributed by atoms with E-state index in [-0.39, 0.29) is 6.03 Å². The van der Waals surface area contributed by atoms with E-state index in [0.717, 1.165) is 38.2 Å². The molecule has 0 radical (unpaired) electrons. The molecule has 0 aliphatic rings. The van der Waals surface area contributed by atoms with Gasteiger partial charge in [0.2, 0.25) is 0 Å². The molecular formula is C14H23N3O. The topological polar surface area (TPSA) is 53.2 Å². The lowest BCUT2D eigenvalue weighted by Crippen LogP contribution is -2.29. The van der Waals surface area contributed by atoms with Crippen LogP contribution in [0, 0.1) is 0 Å². The Labute approximate surface area is 109 Å². The van der Waals surface area contributed by atoms with Gasteiger partial charge in [-0.1, -0.05) is 32.4 Å². The van der Waals surface area contributed by atoms with E-state index in [1.807, 2.05) is 24.3 Å². The minimum absolute atomic E-state index is 0.136. The van der Waals surface area contributed by atoms with Crippen LogP contribution in [-0.4, -0.2) is 19.1 Å². The summed E-state index contributed by atoms with van der Waals surface area (Å²) < 4.78 is 0. The van der Waals surface area contributed by atoms with Crippen LogP contribution in [-0.2, 0) is 6.54 Å². The molecule has 4 nitrogen and oxygen atoms in total. The molecule has 0 fully saturated rings. The van der Waals surface area contributed by atoms with Crippen molar-refractivity contribution in [2.24, 2.45) is 0 Å². The second-order valence-electron chi connectivity index (χ2n) is 4.21. The summed E-state index contributed by atoms with van der Waals surface area (Å²) in [5, 5.41) is 8.89. The molecule has 0 heterocycles. The van der Waals surface area contributed by atoms with Crippen LogP contribution in [0.25, 0.3) is 0 Å². The van der Waals surface area contributed by atoms with Crippen molar-refractivity contribution in [3.8, 4) is 0 Å². The Bertz CT molecular complexity index is 349. The molecule has 100 valence electrons. The number of carbonyl (C=O) groups excluding carboxylic acids is 1. The smallest absolute Gasteiger partial charge is 0.319 e. The van der Waals surface area contributed by atoms with E-state index in [9.17, 15) is 4.79 Å². The van der Waals surface area contributed by atoms with Crippen LogP contribution in [0.15, 0.2) is 24.3 Å². The highest BCUT2D eigenvalue weighted by Gasteiger charge is 2.00. The van der Waals surface area contributed by atoms with Gasteiger partial charge in [0, 0.05) is 18.8 Å². The van der Waals surface area contributed by atoms with Gasteiger partial charge < -0.3 is 16.0 Å². The minimum atomic E-state index is -0.136. The summed E-state index contributed by atoms with van der Waals surface area (Å²) in [6, 6.07) is 7.75. The Morgan fingerprint density at radius 1 is 1.17 bits per heavy atom. The third kappa shape index (κ3) is 5.68. The summed E-state index contributed by atoms with van der Waals surface area (Å²) in [6.07, 6.45) is 2.09. The Hall–Kier alpha value is -1.55. The molecule has 1 aromatic rings. The van der Waals surface area contributed by atoms with Gasteiger partial charge in [-0.3, -0.25) is 0 Å². The zero-order valence-electron chi connectivity index (χ0n) is 11.3. The molecule has 0 saturated carbocycles. The quantitative estimate of drug-likeness (QED) is 0.651. The molecule has 1 rings (SSSR count). The second kappa shape index (κ2) is 8.53. The van der Waals surface area contributed by atoms with Gasteiger partial charge in [-0.2, -0.15) is 0 Å². The molecule has 0 saturated heterocycles. The second-order valence-corrected chi connectivity index (χ2v) is 4.21. The van der Waals surface area contributed by atoms with Gasteiger partial charge in [0.25, 0.3) is 0 Å². The molecule has 0 aliphatic heterocycles. The molecule has 0 spiro atoms. The number of hydrogen-bond acceptors (Lipinski definition) is 2. The van der Waals surface area contributed by atoms with Crippen LogP contribution in [0.2, 0.25) is 0 Å². The number of nitrogens with one attached hydrogen (secondary N) is 3. The maximum absolute atomic E-state index is 11.5. The number of unbranched alkanes of at least 4 members (excludes halogenated alkanes) is 1. The standard InChI is InChI=1S/C14H23N3O/c1-3-5-10-16-14(18)17-13-8-6-12(7-9-13)11-15-4-2/h6-9,15H,3-5,10-11H2,1-2H3,(H2,16,17,18). The van der Waals surface area contributed by atoms with Gasteiger partial charge >= 0.3 is 6.03 Å². The van der Waals surface area contributed by atoms with Crippen molar-refractivity contribution in [1.82, 2.24) is 10.6 Å². The predicted molar refractivity (Wildman–Crippen MR) is 75.8 cm³/mol.